The Balaban J connectivity index is 1.32. The summed E-state index contributed by atoms with van der Waals surface area (Å²) in [5.41, 5.74) is 4.26. The molecule has 2 aromatic heterocycles. The molecule has 0 atom stereocenters. The standard InChI is InChI=1S/C25H25N3O3/c29-22(21-8-7-19-4-1-2-5-20(19)16-21)9-10-24(30)28-25-23(6-3-13-27-25)31-17-18-11-14-26-15-12-18/h3,6-8,11-16H,1-2,4-5,9-10,17H2,(H,27,28,30). The molecule has 6 nitrogen and oxygen atoms in total. The summed E-state index contributed by atoms with van der Waals surface area (Å²) in [6, 6.07) is 13.2. The Kier molecular flexibility index (Phi) is 6.67. The van der Waals surface area contributed by atoms with Crippen LogP contribution in [0.2, 0.25) is 0 Å². The van der Waals surface area contributed by atoms with E-state index in [2.05, 4.69) is 21.4 Å². The number of nitrogens with one attached hydrogen (secondary N) is 1. The summed E-state index contributed by atoms with van der Waals surface area (Å²) >= 11 is 0. The van der Waals surface area contributed by atoms with Crippen molar-refractivity contribution in [3.63, 3.8) is 0 Å². The van der Waals surface area contributed by atoms with E-state index in [-0.39, 0.29) is 24.5 Å². The first-order valence-electron chi connectivity index (χ1n) is 10.6. The van der Waals surface area contributed by atoms with E-state index in [1.165, 1.54) is 24.0 Å². The summed E-state index contributed by atoms with van der Waals surface area (Å²) in [6.45, 7) is 0.341. The van der Waals surface area contributed by atoms with E-state index >= 15 is 0 Å². The number of carbonyl (C=O) groups excluding carboxylic acids is 2. The van der Waals surface area contributed by atoms with Gasteiger partial charge < -0.3 is 10.1 Å². The van der Waals surface area contributed by atoms with Crippen molar-refractivity contribution < 1.29 is 14.3 Å². The second kappa shape index (κ2) is 9.98. The van der Waals surface area contributed by atoms with Crippen LogP contribution in [0.25, 0.3) is 0 Å². The van der Waals surface area contributed by atoms with Crippen molar-refractivity contribution in [3.05, 3.63) is 83.3 Å². The van der Waals surface area contributed by atoms with E-state index in [0.717, 1.165) is 18.4 Å². The van der Waals surface area contributed by atoms with Crippen molar-refractivity contribution in [2.75, 3.05) is 5.32 Å². The highest BCUT2D eigenvalue weighted by atomic mass is 16.5. The number of rotatable bonds is 8. The fraction of sp³-hybridized carbons (Fsp3) is 0.280. The first kappa shape index (κ1) is 20.7. The number of pyridine rings is 2. The summed E-state index contributed by atoms with van der Waals surface area (Å²) in [5, 5.41) is 2.76. The summed E-state index contributed by atoms with van der Waals surface area (Å²) in [4.78, 5) is 33.2. The molecule has 1 amide bonds. The van der Waals surface area contributed by atoms with Gasteiger partial charge in [-0.2, -0.15) is 0 Å². The van der Waals surface area contributed by atoms with Gasteiger partial charge in [0, 0.05) is 37.0 Å². The zero-order chi connectivity index (χ0) is 21.5. The van der Waals surface area contributed by atoms with Crippen LogP contribution in [0.4, 0.5) is 5.82 Å². The molecular formula is C25H25N3O3. The van der Waals surface area contributed by atoms with Crippen LogP contribution in [0, 0.1) is 0 Å². The molecule has 0 aliphatic heterocycles. The summed E-state index contributed by atoms with van der Waals surface area (Å²) in [5.74, 6) is 0.550. The summed E-state index contributed by atoms with van der Waals surface area (Å²) in [7, 11) is 0. The number of nitrogens with zero attached hydrogens (tertiary/aromatic N) is 2. The minimum atomic E-state index is -0.265. The third kappa shape index (κ3) is 5.54. The lowest BCUT2D eigenvalue weighted by atomic mass is 9.89. The average molecular weight is 415 g/mol. The Labute approximate surface area is 181 Å². The highest BCUT2D eigenvalue weighted by Crippen LogP contribution is 2.24. The first-order valence-corrected chi connectivity index (χ1v) is 10.6. The predicted octanol–water partition coefficient (Wildman–Crippen LogP) is 4.54. The SMILES string of the molecule is O=C(CCC(=O)c1ccc2c(c1)CCCC2)Nc1ncccc1OCc1ccncc1. The van der Waals surface area contributed by atoms with Crippen LogP contribution in [0.15, 0.2) is 61.1 Å². The number of carbonyl (C=O) groups is 2. The lowest BCUT2D eigenvalue weighted by Crippen LogP contribution is -2.15. The Morgan fingerprint density at radius 1 is 0.935 bits per heavy atom. The molecule has 3 aromatic rings. The maximum Gasteiger partial charge on any atom is 0.226 e. The molecule has 158 valence electrons. The second-order valence-electron chi connectivity index (χ2n) is 7.66. The number of hydrogen-bond acceptors (Lipinski definition) is 5. The molecule has 0 saturated carbocycles. The van der Waals surface area contributed by atoms with Crippen molar-refractivity contribution in [1.82, 2.24) is 9.97 Å². The minimum Gasteiger partial charge on any atom is -0.485 e. The molecule has 4 rings (SSSR count). The van der Waals surface area contributed by atoms with Crippen LogP contribution in [-0.4, -0.2) is 21.7 Å². The third-order valence-electron chi connectivity index (χ3n) is 5.42. The van der Waals surface area contributed by atoms with Crippen molar-refractivity contribution in [2.24, 2.45) is 0 Å². The predicted molar refractivity (Wildman–Crippen MR) is 118 cm³/mol. The van der Waals surface area contributed by atoms with E-state index in [1.807, 2.05) is 24.3 Å². The van der Waals surface area contributed by atoms with Gasteiger partial charge in [-0.25, -0.2) is 4.98 Å². The number of amides is 1. The maximum absolute atomic E-state index is 12.6. The van der Waals surface area contributed by atoms with E-state index in [9.17, 15) is 9.59 Å². The number of fused-ring (bicyclic) bond motifs is 1. The lowest BCUT2D eigenvalue weighted by Gasteiger charge is -2.16. The van der Waals surface area contributed by atoms with Crippen LogP contribution >= 0.6 is 0 Å². The van der Waals surface area contributed by atoms with Gasteiger partial charge >= 0.3 is 0 Å². The van der Waals surface area contributed by atoms with Crippen LogP contribution in [0.1, 0.15) is 52.7 Å². The Morgan fingerprint density at radius 2 is 1.74 bits per heavy atom. The smallest absolute Gasteiger partial charge is 0.226 e. The maximum atomic E-state index is 12.6. The number of hydrogen-bond donors (Lipinski definition) is 1. The zero-order valence-corrected chi connectivity index (χ0v) is 17.3. The average Bonchev–Trinajstić information content (AvgIpc) is 2.82. The molecular weight excluding hydrogens is 390 g/mol. The molecule has 2 heterocycles. The van der Waals surface area contributed by atoms with Gasteiger partial charge in [0.1, 0.15) is 6.61 Å². The van der Waals surface area contributed by atoms with E-state index in [0.29, 0.717) is 23.7 Å². The Hall–Kier alpha value is -3.54. The molecule has 0 bridgehead atoms. The van der Waals surface area contributed by atoms with Gasteiger partial charge in [-0.1, -0.05) is 12.1 Å². The number of aromatic nitrogens is 2. The second-order valence-corrected chi connectivity index (χ2v) is 7.66. The van der Waals surface area contributed by atoms with E-state index < -0.39 is 0 Å². The van der Waals surface area contributed by atoms with Crippen LogP contribution < -0.4 is 10.1 Å². The monoisotopic (exact) mass is 415 g/mol. The molecule has 1 aromatic carbocycles. The highest BCUT2D eigenvalue weighted by molar-refractivity contribution is 6.00. The molecule has 1 aliphatic carbocycles. The molecule has 31 heavy (non-hydrogen) atoms. The van der Waals surface area contributed by atoms with Gasteiger partial charge in [0.05, 0.1) is 0 Å². The van der Waals surface area contributed by atoms with Crippen LogP contribution in [-0.2, 0) is 24.2 Å². The number of anilines is 1. The van der Waals surface area contributed by atoms with Crippen molar-refractivity contribution in [1.29, 1.82) is 0 Å². The number of benzene rings is 1. The van der Waals surface area contributed by atoms with Crippen molar-refractivity contribution in [3.8, 4) is 5.75 Å². The van der Waals surface area contributed by atoms with Crippen LogP contribution in [0.3, 0.4) is 0 Å². The van der Waals surface area contributed by atoms with Gasteiger partial charge in [0.2, 0.25) is 5.91 Å². The van der Waals surface area contributed by atoms with Gasteiger partial charge in [-0.3, -0.25) is 14.6 Å². The highest BCUT2D eigenvalue weighted by Gasteiger charge is 2.15. The molecule has 0 unspecified atom stereocenters. The fourth-order valence-electron chi connectivity index (χ4n) is 3.71. The first-order chi connectivity index (χ1) is 15.2. The number of ether oxygens (including phenoxy) is 1. The number of aryl methyl sites for hydroxylation is 2. The number of ketones is 1. The van der Waals surface area contributed by atoms with E-state index in [4.69, 9.17) is 4.74 Å². The van der Waals surface area contributed by atoms with Crippen molar-refractivity contribution in [2.45, 2.75) is 45.1 Å². The summed E-state index contributed by atoms with van der Waals surface area (Å²) < 4.78 is 5.80. The van der Waals surface area contributed by atoms with Crippen molar-refractivity contribution >= 4 is 17.5 Å². The zero-order valence-electron chi connectivity index (χ0n) is 17.3. The van der Waals surface area contributed by atoms with Gasteiger partial charge in [0.25, 0.3) is 0 Å². The molecule has 0 fully saturated rings. The fourth-order valence-corrected chi connectivity index (χ4v) is 3.71. The molecule has 6 heteroatoms. The van der Waals surface area contributed by atoms with Gasteiger partial charge in [-0.15, -0.1) is 0 Å². The van der Waals surface area contributed by atoms with Gasteiger partial charge in [0.15, 0.2) is 17.4 Å². The normalized spacial score (nSPS) is 12.6. The Bertz CT molecular complexity index is 1070. The third-order valence-corrected chi connectivity index (χ3v) is 5.42. The molecule has 0 saturated heterocycles. The lowest BCUT2D eigenvalue weighted by molar-refractivity contribution is -0.116. The molecule has 0 spiro atoms. The van der Waals surface area contributed by atoms with E-state index in [1.54, 1.807) is 30.7 Å². The number of Topliss-reactive ketones (excluding diaryl/α,β-unsaturated/α-hetero) is 1. The Morgan fingerprint density at radius 3 is 2.58 bits per heavy atom. The topological polar surface area (TPSA) is 81.2 Å². The quantitative estimate of drug-likeness (QED) is 0.547. The summed E-state index contributed by atoms with van der Waals surface area (Å²) in [6.07, 6.45) is 9.73. The molecule has 1 aliphatic rings. The minimum absolute atomic E-state index is 0.0151. The van der Waals surface area contributed by atoms with Gasteiger partial charge in [-0.05, 0) is 72.7 Å². The molecule has 0 radical (unpaired) electrons. The largest absolute Gasteiger partial charge is 0.485 e. The molecule has 1 N–H and O–H groups in total. The van der Waals surface area contributed by atoms with Crippen LogP contribution in [0.5, 0.6) is 5.75 Å².